The van der Waals surface area contributed by atoms with E-state index in [0.29, 0.717) is 19.2 Å². The van der Waals surface area contributed by atoms with E-state index in [9.17, 15) is 4.79 Å². The van der Waals surface area contributed by atoms with Crippen molar-refractivity contribution in [2.45, 2.75) is 45.2 Å². The number of carbonyl (C=O) groups is 4. The highest BCUT2D eigenvalue weighted by Gasteiger charge is 2.23. The Balaban J connectivity index is 0. The van der Waals surface area contributed by atoms with Gasteiger partial charge in [-0.05, 0) is 89.2 Å². The van der Waals surface area contributed by atoms with Crippen molar-refractivity contribution in [3.8, 4) is 0 Å². The average Bonchev–Trinajstić information content (AvgIpc) is 3.92. The molecule has 6 rings (SSSR count). The van der Waals surface area contributed by atoms with Crippen LogP contribution in [-0.4, -0.2) is 132 Å². The number of nitrogens with two attached hydrogens (primary N) is 2. The molecule has 2 atom stereocenters. The lowest BCUT2D eigenvalue weighted by Gasteiger charge is -2.15. The van der Waals surface area contributed by atoms with Gasteiger partial charge in [0.2, 0.25) is 5.91 Å². The van der Waals surface area contributed by atoms with Crippen LogP contribution in [0.4, 0.5) is 0 Å². The van der Waals surface area contributed by atoms with Crippen LogP contribution in [0.3, 0.4) is 0 Å². The molecule has 2 unspecified atom stereocenters. The maximum atomic E-state index is 11.9. The molecule has 17 heteroatoms. The van der Waals surface area contributed by atoms with Gasteiger partial charge >= 0.3 is 11.9 Å². The molecule has 0 radical (unpaired) electrons. The number of carboxylic acid groups (broad SMARTS) is 3. The molecule has 0 aliphatic carbocycles. The van der Waals surface area contributed by atoms with Crippen LogP contribution < -0.4 is 11.5 Å². The predicted octanol–water partition coefficient (Wildman–Crippen LogP) is 2.60. The first-order valence-corrected chi connectivity index (χ1v) is 18.0. The fourth-order valence-corrected chi connectivity index (χ4v) is 6.89. The standard InChI is InChI=1S/C16H20N2O2S.C16H22N2OS.C2H2O4.CH2O2.CH4.2H2O.H2/c17-14-3-6-18(10-14)16(19)11-20-7-4-12-1-2-15-13(9-12)5-8-21-15;17-15-3-6-18(12-15)7-9-19-8-4-13-1-2-16-14(11-13)5-10-20-16;3-1(4)2(5)6;2-1-3;;;;/h1-2,5,8-9,14H,3-4,6-7,10-11,17H2;1-2,5,10-11,15H,3-4,6-9,12,17H2;(H,3,4)(H,5,6);1H,(H,2,3);1H4;2*1H2;1H. The molecule has 0 spiro atoms. The van der Waals surface area contributed by atoms with Crippen molar-refractivity contribution in [2.75, 3.05) is 59.2 Å². The lowest BCUT2D eigenvalue weighted by Crippen LogP contribution is -2.34. The number of carbonyl (C=O) groups excluding carboxylic acids is 1. The van der Waals surface area contributed by atoms with Gasteiger partial charge < -0.3 is 52.1 Å². The summed E-state index contributed by atoms with van der Waals surface area (Å²) < 4.78 is 13.9. The van der Waals surface area contributed by atoms with E-state index in [1.54, 1.807) is 27.6 Å². The van der Waals surface area contributed by atoms with E-state index in [0.717, 1.165) is 65.1 Å². The topological polar surface area (TPSA) is 269 Å². The first-order chi connectivity index (χ1) is 24.1. The number of hydrogen-bond donors (Lipinski definition) is 5. The first-order valence-electron chi connectivity index (χ1n) is 16.2. The van der Waals surface area contributed by atoms with Crippen LogP contribution in [0.5, 0.6) is 0 Å². The van der Waals surface area contributed by atoms with E-state index in [1.165, 1.54) is 31.3 Å². The van der Waals surface area contributed by atoms with Crippen molar-refractivity contribution in [1.29, 1.82) is 0 Å². The molecule has 2 fully saturated rings. The smallest absolute Gasteiger partial charge is 0.414 e. The zero-order valence-electron chi connectivity index (χ0n) is 28.9. The summed E-state index contributed by atoms with van der Waals surface area (Å²) in [5.41, 5.74) is 14.3. The van der Waals surface area contributed by atoms with E-state index >= 15 is 0 Å². The third-order valence-corrected chi connectivity index (χ3v) is 9.75. The fraction of sp³-hybridized carbons (Fsp3) is 0.444. The average molecular weight is 785 g/mol. The second-order valence-corrected chi connectivity index (χ2v) is 13.6. The minimum atomic E-state index is -1.82. The summed E-state index contributed by atoms with van der Waals surface area (Å²) in [6, 6.07) is 18.0. The molecule has 1 amide bonds. The molecule has 11 N–H and O–H groups in total. The van der Waals surface area contributed by atoms with Crippen LogP contribution in [0.25, 0.3) is 20.2 Å². The SMILES string of the molecule is C.NC1CCN(C(=O)COCCc2ccc3sccc3c2)C1.NC1CCN(CCOCCc2ccc3sccc3c2)C1.O.O.O=C(O)C(=O)O.O=CO.[HH]. The van der Waals surface area contributed by atoms with Gasteiger partial charge in [-0.2, -0.15) is 0 Å². The Morgan fingerprint density at radius 1 is 0.792 bits per heavy atom. The molecular formula is C36H56N4O11S2. The minimum absolute atomic E-state index is 0. The number of fused-ring (bicyclic) bond motifs is 2. The fourth-order valence-electron chi connectivity index (χ4n) is 5.35. The van der Waals surface area contributed by atoms with Gasteiger partial charge in [0.25, 0.3) is 6.47 Å². The minimum Gasteiger partial charge on any atom is -0.483 e. The number of amides is 1. The number of benzene rings is 2. The number of ether oxygens (including phenoxy) is 2. The second-order valence-electron chi connectivity index (χ2n) is 11.7. The number of carboxylic acids is 2. The maximum absolute atomic E-state index is 11.9. The van der Waals surface area contributed by atoms with Gasteiger partial charge in [0, 0.05) is 49.1 Å². The van der Waals surface area contributed by atoms with Gasteiger partial charge in [-0.15, -0.1) is 22.7 Å². The number of likely N-dealkylation sites (tertiary alicyclic amines) is 2. The highest BCUT2D eigenvalue weighted by molar-refractivity contribution is 7.17. The molecule has 0 saturated carbocycles. The van der Waals surface area contributed by atoms with Gasteiger partial charge in [-0.1, -0.05) is 31.7 Å². The molecule has 298 valence electrons. The van der Waals surface area contributed by atoms with E-state index < -0.39 is 11.9 Å². The third kappa shape index (κ3) is 18.0. The Hall–Kier alpha value is -4.04. The van der Waals surface area contributed by atoms with Gasteiger partial charge in [0.15, 0.2) is 0 Å². The van der Waals surface area contributed by atoms with Gasteiger partial charge in [-0.3, -0.25) is 14.5 Å². The molecule has 0 bridgehead atoms. The zero-order chi connectivity index (χ0) is 36.3. The summed E-state index contributed by atoms with van der Waals surface area (Å²) in [6.07, 6.45) is 3.84. The molecule has 4 aromatic rings. The van der Waals surface area contributed by atoms with Crippen LogP contribution in [-0.2, 0) is 41.5 Å². The molecule has 2 saturated heterocycles. The van der Waals surface area contributed by atoms with Crippen molar-refractivity contribution in [3.05, 3.63) is 70.4 Å². The number of aliphatic carboxylic acids is 2. The molecule has 4 heterocycles. The molecular weight excluding hydrogens is 729 g/mol. The van der Waals surface area contributed by atoms with Crippen LogP contribution in [0, 0.1) is 0 Å². The second kappa shape index (κ2) is 26.7. The normalized spacial score (nSPS) is 15.9. The van der Waals surface area contributed by atoms with Gasteiger partial charge in [-0.25, -0.2) is 9.59 Å². The molecule has 53 heavy (non-hydrogen) atoms. The van der Waals surface area contributed by atoms with E-state index in [1.807, 2.05) is 0 Å². The highest BCUT2D eigenvalue weighted by atomic mass is 32.1. The summed E-state index contributed by atoms with van der Waals surface area (Å²) in [5, 5.41) is 28.5. The van der Waals surface area contributed by atoms with Crippen LogP contribution in [0.15, 0.2) is 59.3 Å². The summed E-state index contributed by atoms with van der Waals surface area (Å²) in [6.45, 7) is 6.68. The van der Waals surface area contributed by atoms with Crippen molar-refractivity contribution in [1.82, 2.24) is 9.80 Å². The van der Waals surface area contributed by atoms with E-state index in [-0.39, 0.29) is 44.8 Å². The van der Waals surface area contributed by atoms with Crippen molar-refractivity contribution in [3.63, 3.8) is 0 Å². The Morgan fingerprint density at radius 2 is 1.28 bits per heavy atom. The predicted molar refractivity (Wildman–Crippen MR) is 211 cm³/mol. The van der Waals surface area contributed by atoms with Gasteiger partial charge in [0.05, 0.1) is 19.8 Å². The van der Waals surface area contributed by atoms with E-state index in [4.69, 9.17) is 50.6 Å². The van der Waals surface area contributed by atoms with Crippen LogP contribution in [0.2, 0.25) is 0 Å². The number of nitrogens with zero attached hydrogens (tertiary/aromatic N) is 2. The first kappa shape index (κ1) is 49.0. The Labute approximate surface area is 318 Å². The summed E-state index contributed by atoms with van der Waals surface area (Å²) >= 11 is 3.55. The number of rotatable bonds is 11. The summed E-state index contributed by atoms with van der Waals surface area (Å²) in [7, 11) is 0. The number of hydrogen-bond acceptors (Lipinski definition) is 11. The van der Waals surface area contributed by atoms with Crippen LogP contribution >= 0.6 is 22.7 Å². The Morgan fingerprint density at radius 3 is 1.74 bits per heavy atom. The van der Waals surface area contributed by atoms with Crippen LogP contribution in [0.1, 0.15) is 32.8 Å². The molecule has 2 aliphatic heterocycles. The summed E-state index contributed by atoms with van der Waals surface area (Å²) in [5.74, 6) is -3.60. The highest BCUT2D eigenvalue weighted by Crippen LogP contribution is 2.23. The molecule has 15 nitrogen and oxygen atoms in total. The van der Waals surface area contributed by atoms with Crippen molar-refractivity contribution in [2.24, 2.45) is 11.5 Å². The Kier molecular flexibility index (Phi) is 24.6. The van der Waals surface area contributed by atoms with Crippen molar-refractivity contribution >= 4 is 67.2 Å². The quantitative estimate of drug-likeness (QED) is 0.0835. The Bertz CT molecular complexity index is 1650. The zero-order valence-corrected chi connectivity index (χ0v) is 30.5. The monoisotopic (exact) mass is 784 g/mol. The maximum Gasteiger partial charge on any atom is 0.414 e. The summed E-state index contributed by atoms with van der Waals surface area (Å²) in [4.78, 5) is 42.6. The van der Waals surface area contributed by atoms with Gasteiger partial charge in [0.1, 0.15) is 6.61 Å². The lowest BCUT2D eigenvalue weighted by molar-refractivity contribution is -0.159. The number of thiophene rings is 2. The molecule has 2 aromatic carbocycles. The third-order valence-electron chi connectivity index (χ3n) is 7.95. The van der Waals surface area contributed by atoms with Crippen molar-refractivity contribution < 1.29 is 56.4 Å². The largest absolute Gasteiger partial charge is 0.483 e. The lowest BCUT2D eigenvalue weighted by atomic mass is 10.1. The van der Waals surface area contributed by atoms with E-state index in [2.05, 4.69) is 64.2 Å². The molecule has 2 aliphatic rings. The molecule has 2 aromatic heterocycles.